The Morgan fingerprint density at radius 3 is 2.65 bits per heavy atom. The lowest BCUT2D eigenvalue weighted by Gasteiger charge is -2.12. The molecular formula is C18H23N3OS. The molecule has 0 N–H and O–H groups in total. The van der Waals surface area contributed by atoms with E-state index in [9.17, 15) is 4.79 Å². The standard InChI is InChI=1S/C18H23N3OS/c1-5-21-17(14-8-9-14)19-20-18(21)23-13(4)16(22)15-7-6-11(2)12(3)10-15/h6-7,10,13-14H,5,8-9H2,1-4H3/t13-/m1/s1. The van der Waals surface area contributed by atoms with Gasteiger partial charge in [-0.3, -0.25) is 4.79 Å². The first kappa shape index (κ1) is 16.2. The first-order chi connectivity index (χ1) is 11.0. The fourth-order valence-electron chi connectivity index (χ4n) is 2.67. The molecule has 1 atom stereocenters. The molecule has 0 aliphatic heterocycles. The summed E-state index contributed by atoms with van der Waals surface area (Å²) in [6, 6.07) is 5.91. The maximum absolute atomic E-state index is 12.7. The van der Waals surface area contributed by atoms with Gasteiger partial charge in [-0.25, -0.2) is 0 Å². The summed E-state index contributed by atoms with van der Waals surface area (Å²) in [7, 11) is 0. The van der Waals surface area contributed by atoms with E-state index in [4.69, 9.17) is 0 Å². The second-order valence-corrected chi connectivity index (χ2v) is 7.59. The van der Waals surface area contributed by atoms with Gasteiger partial charge >= 0.3 is 0 Å². The highest BCUT2D eigenvalue weighted by atomic mass is 32.2. The maximum atomic E-state index is 12.7. The first-order valence-electron chi connectivity index (χ1n) is 8.22. The van der Waals surface area contributed by atoms with Crippen LogP contribution < -0.4 is 0 Å². The zero-order chi connectivity index (χ0) is 16.6. The van der Waals surface area contributed by atoms with Gasteiger partial charge in [0.25, 0.3) is 0 Å². The number of aryl methyl sites for hydroxylation is 2. The molecule has 5 heteroatoms. The minimum Gasteiger partial charge on any atom is -0.306 e. The van der Waals surface area contributed by atoms with Crippen molar-refractivity contribution in [3.05, 3.63) is 40.7 Å². The first-order valence-corrected chi connectivity index (χ1v) is 9.10. The summed E-state index contributed by atoms with van der Waals surface area (Å²) < 4.78 is 2.16. The largest absolute Gasteiger partial charge is 0.306 e. The number of rotatable bonds is 6. The third-order valence-corrected chi connectivity index (χ3v) is 5.53. The van der Waals surface area contributed by atoms with Crippen LogP contribution in [0.4, 0.5) is 0 Å². The van der Waals surface area contributed by atoms with Crippen LogP contribution in [0.2, 0.25) is 0 Å². The van der Waals surface area contributed by atoms with Crippen molar-refractivity contribution in [1.29, 1.82) is 0 Å². The molecule has 1 aliphatic rings. The Bertz CT molecular complexity index is 734. The molecule has 3 rings (SSSR count). The van der Waals surface area contributed by atoms with Crippen LogP contribution in [0.3, 0.4) is 0 Å². The average molecular weight is 329 g/mol. The van der Waals surface area contributed by atoms with Gasteiger partial charge in [-0.1, -0.05) is 23.9 Å². The maximum Gasteiger partial charge on any atom is 0.191 e. The smallest absolute Gasteiger partial charge is 0.191 e. The number of thioether (sulfide) groups is 1. The van der Waals surface area contributed by atoms with Crippen molar-refractivity contribution in [3.63, 3.8) is 0 Å². The van der Waals surface area contributed by atoms with Crippen LogP contribution in [-0.4, -0.2) is 25.8 Å². The van der Waals surface area contributed by atoms with Crippen molar-refractivity contribution in [2.24, 2.45) is 0 Å². The number of ketones is 1. The summed E-state index contributed by atoms with van der Waals surface area (Å²) in [6.45, 7) is 9.01. The van der Waals surface area contributed by atoms with Gasteiger partial charge in [-0.05, 0) is 57.7 Å². The Morgan fingerprint density at radius 2 is 2.04 bits per heavy atom. The molecule has 0 amide bonds. The Labute approximate surface area is 141 Å². The highest BCUT2D eigenvalue weighted by Crippen LogP contribution is 2.40. The second kappa shape index (κ2) is 6.48. The number of aromatic nitrogens is 3. The lowest BCUT2D eigenvalue weighted by Crippen LogP contribution is -2.15. The molecule has 1 aliphatic carbocycles. The van der Waals surface area contributed by atoms with E-state index in [2.05, 4.69) is 28.6 Å². The monoisotopic (exact) mass is 329 g/mol. The van der Waals surface area contributed by atoms with Crippen molar-refractivity contribution in [2.45, 2.75) is 63.4 Å². The molecule has 1 aromatic carbocycles. The highest BCUT2D eigenvalue weighted by molar-refractivity contribution is 8.00. The summed E-state index contributed by atoms with van der Waals surface area (Å²) in [6.07, 6.45) is 2.42. The van der Waals surface area contributed by atoms with Crippen molar-refractivity contribution in [2.75, 3.05) is 0 Å². The van der Waals surface area contributed by atoms with E-state index in [0.29, 0.717) is 5.92 Å². The molecule has 23 heavy (non-hydrogen) atoms. The third-order valence-electron chi connectivity index (χ3n) is 4.45. The van der Waals surface area contributed by atoms with Gasteiger partial charge in [0.05, 0.1) is 5.25 Å². The molecule has 1 heterocycles. The van der Waals surface area contributed by atoms with Crippen molar-refractivity contribution < 1.29 is 4.79 Å². The van der Waals surface area contributed by atoms with E-state index in [1.54, 1.807) is 0 Å². The normalized spacial score (nSPS) is 15.7. The molecule has 1 saturated carbocycles. The lowest BCUT2D eigenvalue weighted by atomic mass is 10.0. The molecule has 122 valence electrons. The van der Waals surface area contributed by atoms with Crippen molar-refractivity contribution in [3.8, 4) is 0 Å². The Balaban J connectivity index is 1.77. The summed E-state index contributed by atoms with van der Waals surface area (Å²) >= 11 is 1.51. The van der Waals surface area contributed by atoms with E-state index in [0.717, 1.165) is 28.7 Å². The van der Waals surface area contributed by atoms with E-state index in [1.807, 2.05) is 32.0 Å². The minimum atomic E-state index is -0.168. The number of carbonyl (C=O) groups excluding carboxylic acids is 1. The van der Waals surface area contributed by atoms with E-state index >= 15 is 0 Å². The van der Waals surface area contributed by atoms with Gasteiger partial charge < -0.3 is 4.57 Å². The average Bonchev–Trinajstić information content (AvgIpc) is 3.30. The molecule has 1 aromatic heterocycles. The topological polar surface area (TPSA) is 47.8 Å². The van der Waals surface area contributed by atoms with Crippen LogP contribution in [0.1, 0.15) is 59.9 Å². The molecule has 0 radical (unpaired) electrons. The van der Waals surface area contributed by atoms with Crippen LogP contribution in [0.25, 0.3) is 0 Å². The SMILES string of the molecule is CCn1c(S[C@H](C)C(=O)c2ccc(C)c(C)c2)nnc1C1CC1. The minimum absolute atomic E-state index is 0.150. The van der Waals surface area contributed by atoms with Gasteiger partial charge in [0, 0.05) is 18.0 Å². The molecule has 2 aromatic rings. The van der Waals surface area contributed by atoms with Crippen LogP contribution >= 0.6 is 11.8 Å². The summed E-state index contributed by atoms with van der Waals surface area (Å²) in [5.74, 6) is 1.81. The van der Waals surface area contributed by atoms with Crippen LogP contribution in [0.5, 0.6) is 0 Å². The lowest BCUT2D eigenvalue weighted by molar-refractivity contribution is 0.0993. The van der Waals surface area contributed by atoms with Gasteiger partial charge in [0.2, 0.25) is 0 Å². The zero-order valence-electron chi connectivity index (χ0n) is 14.2. The molecule has 0 saturated heterocycles. The third kappa shape index (κ3) is 3.34. The predicted molar refractivity (Wildman–Crippen MR) is 93.2 cm³/mol. The van der Waals surface area contributed by atoms with Gasteiger partial charge in [0.1, 0.15) is 5.82 Å². The zero-order valence-corrected chi connectivity index (χ0v) is 15.0. The molecule has 4 nitrogen and oxygen atoms in total. The number of Topliss-reactive ketones (excluding diaryl/α,β-unsaturated/α-hetero) is 1. The van der Waals surface area contributed by atoms with E-state index in [1.165, 1.54) is 30.2 Å². The van der Waals surface area contributed by atoms with Gasteiger partial charge in [0.15, 0.2) is 10.9 Å². The number of carbonyl (C=O) groups is 1. The molecule has 0 bridgehead atoms. The molecule has 0 spiro atoms. The number of hydrogen-bond donors (Lipinski definition) is 0. The van der Waals surface area contributed by atoms with E-state index < -0.39 is 0 Å². The van der Waals surface area contributed by atoms with Crippen LogP contribution in [0, 0.1) is 13.8 Å². The second-order valence-electron chi connectivity index (χ2n) is 6.28. The Kier molecular flexibility index (Phi) is 4.57. The molecule has 1 fully saturated rings. The van der Waals surface area contributed by atoms with Crippen LogP contribution in [-0.2, 0) is 6.54 Å². The van der Waals surface area contributed by atoms with E-state index in [-0.39, 0.29) is 11.0 Å². The number of nitrogens with zero attached hydrogens (tertiary/aromatic N) is 3. The fraction of sp³-hybridized carbons (Fsp3) is 0.500. The quantitative estimate of drug-likeness (QED) is 0.590. The highest BCUT2D eigenvalue weighted by Gasteiger charge is 2.30. The predicted octanol–water partition coefficient (Wildman–Crippen LogP) is 4.16. The van der Waals surface area contributed by atoms with Crippen molar-refractivity contribution >= 4 is 17.5 Å². The van der Waals surface area contributed by atoms with Gasteiger partial charge in [-0.2, -0.15) is 0 Å². The number of benzene rings is 1. The Morgan fingerprint density at radius 1 is 1.30 bits per heavy atom. The van der Waals surface area contributed by atoms with Gasteiger partial charge in [-0.15, -0.1) is 10.2 Å². The summed E-state index contributed by atoms with van der Waals surface area (Å²) in [4.78, 5) is 12.7. The Hall–Kier alpha value is -1.62. The van der Waals surface area contributed by atoms with Crippen molar-refractivity contribution in [1.82, 2.24) is 14.8 Å². The van der Waals surface area contributed by atoms with Crippen LogP contribution in [0.15, 0.2) is 23.4 Å². The number of hydrogen-bond acceptors (Lipinski definition) is 4. The molecular weight excluding hydrogens is 306 g/mol. The molecule has 0 unspecified atom stereocenters. The summed E-state index contributed by atoms with van der Waals surface area (Å²) in [5.41, 5.74) is 3.14. The summed E-state index contributed by atoms with van der Waals surface area (Å²) in [5, 5.41) is 9.35. The fourth-order valence-corrected chi connectivity index (χ4v) is 3.67.